The predicted molar refractivity (Wildman–Crippen MR) is 55.2 cm³/mol. The van der Waals surface area contributed by atoms with Gasteiger partial charge >= 0.3 is 35.9 Å². The molecule has 0 radical (unpaired) electrons. The Hall–Kier alpha value is -1.27. The number of hydrogen-bond donors (Lipinski definition) is 0. The second kappa shape index (κ2) is 4.67. The second-order valence-electron chi connectivity index (χ2n) is 5.71. The minimum absolute atomic E-state index is 0.338. The van der Waals surface area contributed by atoms with Gasteiger partial charge in [-0.1, -0.05) is 0 Å². The maximum absolute atomic E-state index is 13.9. The summed E-state index contributed by atoms with van der Waals surface area (Å²) in [5, 5.41) is 0. The van der Waals surface area contributed by atoms with E-state index >= 15 is 0 Å². The van der Waals surface area contributed by atoms with Gasteiger partial charge in [0.2, 0.25) is 0 Å². The highest BCUT2D eigenvalue weighted by atomic mass is 19.4. The molecule has 2 rings (SSSR count). The van der Waals surface area contributed by atoms with Crippen molar-refractivity contribution in [3.8, 4) is 0 Å². The number of cyclic esters (lactones) is 1. The van der Waals surface area contributed by atoms with Crippen molar-refractivity contribution >= 4 is 5.97 Å². The van der Waals surface area contributed by atoms with Crippen molar-refractivity contribution in [1.82, 2.24) is 4.90 Å². The van der Waals surface area contributed by atoms with Crippen molar-refractivity contribution in [2.75, 3.05) is 6.54 Å². The van der Waals surface area contributed by atoms with E-state index in [2.05, 4.69) is 4.74 Å². The third kappa shape index (κ3) is 1.93. The molecule has 13 heteroatoms. The predicted octanol–water partition coefficient (Wildman–Crippen LogP) is 3.49. The molecule has 2 saturated heterocycles. The number of alkyl halides is 10. The van der Waals surface area contributed by atoms with E-state index in [4.69, 9.17) is 0 Å². The van der Waals surface area contributed by atoms with Gasteiger partial charge in [-0.3, -0.25) is 0 Å². The van der Waals surface area contributed by atoms with Gasteiger partial charge in [0.05, 0.1) is 0 Å². The Kier molecular flexibility index (Phi) is 3.71. The van der Waals surface area contributed by atoms with Crippen molar-refractivity contribution in [1.29, 1.82) is 0 Å². The van der Waals surface area contributed by atoms with E-state index in [0.29, 0.717) is 6.92 Å². The number of nitrogens with zero attached hydrogens (tertiary/aromatic N) is 1. The first kappa shape index (κ1) is 19.1. The minimum atomic E-state index is -6.82. The first-order chi connectivity index (χ1) is 10.5. The van der Waals surface area contributed by atoms with Crippen molar-refractivity contribution in [2.45, 2.75) is 55.2 Å². The lowest BCUT2D eigenvalue weighted by Crippen LogP contribution is -2.76. The largest absolute Gasteiger partial charge is 0.459 e. The van der Waals surface area contributed by atoms with E-state index < -0.39 is 59.3 Å². The lowest BCUT2D eigenvalue weighted by molar-refractivity contribution is -0.445. The van der Waals surface area contributed by atoms with Gasteiger partial charge in [0.15, 0.2) is 0 Å². The number of hydrogen-bond acceptors (Lipinski definition) is 3. The quantitative estimate of drug-likeness (QED) is 0.545. The fourth-order valence-electron chi connectivity index (χ4n) is 3.03. The Labute approximate surface area is 127 Å². The molecule has 3 nitrogen and oxygen atoms in total. The molecule has 2 aliphatic heterocycles. The molecule has 24 heavy (non-hydrogen) atoms. The fourth-order valence-corrected chi connectivity index (χ4v) is 3.03. The molecule has 0 aromatic heterocycles. The summed E-state index contributed by atoms with van der Waals surface area (Å²) in [6.45, 7) is -0.345. The summed E-state index contributed by atoms with van der Waals surface area (Å²) in [6, 6.07) is 0. The zero-order valence-corrected chi connectivity index (χ0v) is 11.7. The standard InChI is InChI=1S/C11H9F10NO2/c1-6-3-2-4-22(6)9(24-5(6)23,7(12,13)10(16,17)18)8(14,15)11(19,20)21/h2-4H2,1H3/t6-/m0/s1. The van der Waals surface area contributed by atoms with Crippen LogP contribution in [0, 0.1) is 0 Å². The minimum Gasteiger partial charge on any atom is -0.428 e. The summed E-state index contributed by atoms with van der Waals surface area (Å²) >= 11 is 0. The van der Waals surface area contributed by atoms with E-state index in [9.17, 15) is 48.7 Å². The average molecular weight is 377 g/mol. The van der Waals surface area contributed by atoms with Crippen LogP contribution in [0.5, 0.6) is 0 Å². The molecule has 0 aromatic carbocycles. The normalized spacial score (nSPS) is 28.9. The van der Waals surface area contributed by atoms with Crippen LogP contribution in [0.25, 0.3) is 0 Å². The summed E-state index contributed by atoms with van der Waals surface area (Å²) < 4.78 is 135. The number of esters is 1. The van der Waals surface area contributed by atoms with E-state index in [1.807, 2.05) is 0 Å². The first-order valence-corrected chi connectivity index (χ1v) is 6.37. The monoisotopic (exact) mass is 377 g/mol. The van der Waals surface area contributed by atoms with Crippen LogP contribution in [0.15, 0.2) is 0 Å². The number of carbonyl (C=O) groups excluding carboxylic acids is 1. The highest BCUT2D eigenvalue weighted by Crippen LogP contribution is 2.63. The summed E-state index contributed by atoms with van der Waals surface area (Å²) in [5.41, 5.74) is -7.98. The topological polar surface area (TPSA) is 29.5 Å². The van der Waals surface area contributed by atoms with Gasteiger partial charge in [-0.2, -0.15) is 43.9 Å². The van der Waals surface area contributed by atoms with Gasteiger partial charge < -0.3 is 4.74 Å². The van der Waals surface area contributed by atoms with Crippen LogP contribution in [-0.4, -0.2) is 52.9 Å². The Morgan fingerprint density at radius 1 is 0.917 bits per heavy atom. The smallest absolute Gasteiger partial charge is 0.428 e. The van der Waals surface area contributed by atoms with Crippen LogP contribution in [-0.2, 0) is 9.53 Å². The molecule has 0 N–H and O–H groups in total. The van der Waals surface area contributed by atoms with Crippen LogP contribution in [0.4, 0.5) is 43.9 Å². The molecule has 2 aliphatic rings. The van der Waals surface area contributed by atoms with Gasteiger partial charge in [0.1, 0.15) is 5.54 Å². The molecule has 0 amide bonds. The number of fused-ring (bicyclic) bond motifs is 1. The molecule has 140 valence electrons. The lowest BCUT2D eigenvalue weighted by Gasteiger charge is -2.46. The molecule has 0 spiro atoms. The summed E-state index contributed by atoms with van der Waals surface area (Å²) in [6.07, 6.45) is -14.5. The van der Waals surface area contributed by atoms with Crippen molar-refractivity contribution in [3.63, 3.8) is 0 Å². The maximum Gasteiger partial charge on any atom is 0.459 e. The van der Waals surface area contributed by atoms with Gasteiger partial charge in [-0.25, -0.2) is 9.69 Å². The molecule has 2 fully saturated rings. The average Bonchev–Trinajstić information content (AvgIpc) is 2.84. The molecule has 0 aromatic rings. The zero-order chi connectivity index (χ0) is 19.0. The maximum atomic E-state index is 13.9. The summed E-state index contributed by atoms with van der Waals surface area (Å²) in [4.78, 5) is 11.2. The van der Waals surface area contributed by atoms with Crippen LogP contribution >= 0.6 is 0 Å². The van der Waals surface area contributed by atoms with E-state index in [1.165, 1.54) is 0 Å². The highest BCUT2D eigenvalue weighted by Gasteiger charge is 2.93. The molecular weight excluding hydrogens is 368 g/mol. The molecule has 0 bridgehead atoms. The molecule has 0 unspecified atom stereocenters. The van der Waals surface area contributed by atoms with E-state index in [-0.39, 0.29) is 6.42 Å². The fraction of sp³-hybridized carbons (Fsp3) is 0.909. The van der Waals surface area contributed by atoms with Crippen molar-refractivity contribution < 1.29 is 53.4 Å². The lowest BCUT2D eigenvalue weighted by atomic mass is 9.92. The Morgan fingerprint density at radius 3 is 1.71 bits per heavy atom. The van der Waals surface area contributed by atoms with Gasteiger partial charge in [0.25, 0.3) is 0 Å². The van der Waals surface area contributed by atoms with Crippen LogP contribution in [0.1, 0.15) is 19.8 Å². The van der Waals surface area contributed by atoms with Gasteiger partial charge in [-0.05, 0) is 19.8 Å². The van der Waals surface area contributed by atoms with Crippen molar-refractivity contribution in [2.24, 2.45) is 0 Å². The number of ether oxygens (including phenoxy) is 1. The number of rotatable bonds is 2. The summed E-state index contributed by atoms with van der Waals surface area (Å²) in [5.74, 6) is -15.4. The molecule has 0 saturated carbocycles. The number of carbonyl (C=O) groups is 1. The zero-order valence-electron chi connectivity index (χ0n) is 11.7. The van der Waals surface area contributed by atoms with Gasteiger partial charge in [0, 0.05) is 6.54 Å². The molecule has 2 heterocycles. The number of halogens is 10. The third-order valence-corrected chi connectivity index (χ3v) is 4.26. The Balaban J connectivity index is 2.82. The molecular formula is C11H9F10NO2. The van der Waals surface area contributed by atoms with Crippen LogP contribution in [0.3, 0.4) is 0 Å². The van der Waals surface area contributed by atoms with E-state index in [0.717, 1.165) is 0 Å². The van der Waals surface area contributed by atoms with Crippen LogP contribution in [0.2, 0.25) is 0 Å². The second-order valence-corrected chi connectivity index (χ2v) is 5.71. The molecule has 1 atom stereocenters. The highest BCUT2D eigenvalue weighted by molar-refractivity contribution is 5.84. The molecule has 0 aliphatic carbocycles. The first-order valence-electron chi connectivity index (χ1n) is 6.37. The van der Waals surface area contributed by atoms with Crippen LogP contribution < -0.4 is 0 Å². The SMILES string of the molecule is C[C@@]12CCCN1C(C(F)(F)C(F)(F)F)(C(F)(F)C(F)(F)F)OC2=O. The van der Waals surface area contributed by atoms with E-state index in [1.54, 1.807) is 0 Å². The Morgan fingerprint density at radius 2 is 1.33 bits per heavy atom. The third-order valence-electron chi connectivity index (χ3n) is 4.26. The van der Waals surface area contributed by atoms with Crippen molar-refractivity contribution in [3.05, 3.63) is 0 Å². The Bertz CT molecular complexity index is 528. The summed E-state index contributed by atoms with van der Waals surface area (Å²) in [7, 11) is 0. The van der Waals surface area contributed by atoms with Gasteiger partial charge in [-0.15, -0.1) is 0 Å².